The predicted octanol–water partition coefficient (Wildman–Crippen LogP) is 4.31. The van der Waals surface area contributed by atoms with Crippen LogP contribution in [0.2, 0.25) is 0 Å². The minimum atomic E-state index is -3.73. The highest BCUT2D eigenvalue weighted by atomic mass is 32.2. The van der Waals surface area contributed by atoms with Crippen molar-refractivity contribution in [1.29, 1.82) is 0 Å². The molecule has 0 aliphatic rings. The average Bonchev–Trinajstić information content (AvgIpc) is 2.79. The number of carbonyl (C=O) groups is 1. The molecule has 3 aromatic carbocycles. The number of carbonyl (C=O) groups excluding carboxylic acids is 1. The molecule has 1 heterocycles. The van der Waals surface area contributed by atoms with Gasteiger partial charge >= 0.3 is 0 Å². The predicted molar refractivity (Wildman–Crippen MR) is 118 cm³/mol. The number of benzene rings is 3. The van der Waals surface area contributed by atoms with Gasteiger partial charge in [0.05, 0.1) is 10.6 Å². The Kier molecular flexibility index (Phi) is 5.20. The fraction of sp³-hybridized carbons (Fsp3) is 0.0435. The molecule has 1 N–H and O–H groups in total. The number of amides is 1. The van der Waals surface area contributed by atoms with Crippen LogP contribution in [-0.4, -0.2) is 26.4 Å². The molecule has 0 fully saturated rings. The standard InChI is InChI=1S/C23H19N3O3S/c1-26(19-7-3-2-4-8-19)30(28,29)20-12-10-17(11-13-20)23(27)25-22-9-5-6-18-16-24-15-14-21(18)22/h2-16H,1H3,(H,25,27). The minimum absolute atomic E-state index is 0.113. The van der Waals surface area contributed by atoms with Gasteiger partial charge < -0.3 is 5.32 Å². The number of nitrogens with zero attached hydrogens (tertiary/aromatic N) is 2. The fourth-order valence-electron chi connectivity index (χ4n) is 3.14. The number of anilines is 2. The third kappa shape index (κ3) is 3.75. The molecule has 0 radical (unpaired) electrons. The van der Waals surface area contributed by atoms with Crippen LogP contribution in [0.4, 0.5) is 11.4 Å². The third-order valence-electron chi connectivity index (χ3n) is 4.82. The highest BCUT2D eigenvalue weighted by Crippen LogP contribution is 2.24. The monoisotopic (exact) mass is 417 g/mol. The molecule has 150 valence electrons. The second-order valence-electron chi connectivity index (χ2n) is 6.69. The molecule has 0 bridgehead atoms. The zero-order chi connectivity index (χ0) is 21.1. The van der Waals surface area contributed by atoms with Crippen LogP contribution in [-0.2, 0) is 10.0 Å². The summed E-state index contributed by atoms with van der Waals surface area (Å²) < 4.78 is 27.0. The van der Waals surface area contributed by atoms with E-state index in [-0.39, 0.29) is 10.8 Å². The molecule has 4 rings (SSSR count). The molecular formula is C23H19N3O3S. The van der Waals surface area contributed by atoms with E-state index in [1.807, 2.05) is 30.3 Å². The Morgan fingerprint density at radius 3 is 2.37 bits per heavy atom. The van der Waals surface area contributed by atoms with Crippen molar-refractivity contribution in [3.05, 3.63) is 96.8 Å². The van der Waals surface area contributed by atoms with Crippen molar-refractivity contribution in [3.8, 4) is 0 Å². The Morgan fingerprint density at radius 1 is 0.900 bits per heavy atom. The van der Waals surface area contributed by atoms with E-state index in [4.69, 9.17) is 0 Å². The zero-order valence-electron chi connectivity index (χ0n) is 16.2. The smallest absolute Gasteiger partial charge is 0.264 e. The van der Waals surface area contributed by atoms with E-state index >= 15 is 0 Å². The second kappa shape index (κ2) is 7.96. The number of hydrogen-bond donors (Lipinski definition) is 1. The van der Waals surface area contributed by atoms with Crippen LogP contribution in [0.3, 0.4) is 0 Å². The van der Waals surface area contributed by atoms with Gasteiger partial charge in [0, 0.05) is 41.5 Å². The SMILES string of the molecule is CN(c1ccccc1)S(=O)(=O)c1ccc(C(=O)Nc2cccc3cnccc23)cc1. The quantitative estimate of drug-likeness (QED) is 0.525. The normalized spacial score (nSPS) is 11.2. The van der Waals surface area contributed by atoms with Crippen molar-refractivity contribution in [1.82, 2.24) is 4.98 Å². The van der Waals surface area contributed by atoms with Gasteiger partial charge in [-0.3, -0.25) is 14.1 Å². The highest BCUT2D eigenvalue weighted by molar-refractivity contribution is 7.92. The van der Waals surface area contributed by atoms with E-state index in [9.17, 15) is 13.2 Å². The molecule has 4 aromatic rings. The number of sulfonamides is 1. The van der Waals surface area contributed by atoms with Gasteiger partial charge in [0.25, 0.3) is 15.9 Å². The summed E-state index contributed by atoms with van der Waals surface area (Å²) in [5.74, 6) is -0.320. The van der Waals surface area contributed by atoms with Crippen molar-refractivity contribution >= 4 is 38.1 Å². The highest BCUT2D eigenvalue weighted by Gasteiger charge is 2.21. The summed E-state index contributed by atoms with van der Waals surface area (Å²) in [4.78, 5) is 16.9. The largest absolute Gasteiger partial charge is 0.321 e. The number of para-hydroxylation sites is 1. The van der Waals surface area contributed by atoms with E-state index in [1.165, 1.54) is 35.6 Å². The van der Waals surface area contributed by atoms with E-state index in [2.05, 4.69) is 10.3 Å². The first kappa shape index (κ1) is 19.6. The van der Waals surface area contributed by atoms with Gasteiger partial charge in [-0.1, -0.05) is 30.3 Å². The number of pyridine rings is 1. The van der Waals surface area contributed by atoms with Gasteiger partial charge in [-0.25, -0.2) is 8.42 Å². The maximum Gasteiger partial charge on any atom is 0.264 e. The Labute approximate surface area is 174 Å². The lowest BCUT2D eigenvalue weighted by Crippen LogP contribution is -2.26. The van der Waals surface area contributed by atoms with Gasteiger partial charge in [0.2, 0.25) is 0 Å². The molecule has 30 heavy (non-hydrogen) atoms. The summed E-state index contributed by atoms with van der Waals surface area (Å²) in [7, 11) is -2.23. The number of fused-ring (bicyclic) bond motifs is 1. The number of nitrogens with one attached hydrogen (secondary N) is 1. The second-order valence-corrected chi connectivity index (χ2v) is 8.66. The molecule has 0 atom stereocenters. The molecule has 0 unspecified atom stereocenters. The molecule has 1 aromatic heterocycles. The van der Waals surface area contributed by atoms with Crippen molar-refractivity contribution in [2.24, 2.45) is 0 Å². The number of aromatic nitrogens is 1. The van der Waals surface area contributed by atoms with Crippen molar-refractivity contribution < 1.29 is 13.2 Å². The third-order valence-corrected chi connectivity index (χ3v) is 6.62. The van der Waals surface area contributed by atoms with Crippen LogP contribution in [0, 0.1) is 0 Å². The van der Waals surface area contributed by atoms with Crippen molar-refractivity contribution in [2.45, 2.75) is 4.90 Å². The van der Waals surface area contributed by atoms with Gasteiger partial charge in [-0.2, -0.15) is 0 Å². The van der Waals surface area contributed by atoms with E-state index in [0.29, 0.717) is 16.9 Å². The first-order valence-corrected chi connectivity index (χ1v) is 10.7. The first-order valence-electron chi connectivity index (χ1n) is 9.25. The molecule has 0 saturated heterocycles. The first-order chi connectivity index (χ1) is 14.5. The molecule has 1 amide bonds. The summed E-state index contributed by atoms with van der Waals surface area (Å²) >= 11 is 0. The minimum Gasteiger partial charge on any atom is -0.321 e. The summed E-state index contributed by atoms with van der Waals surface area (Å²) in [6, 6.07) is 22.1. The van der Waals surface area contributed by atoms with Crippen LogP contribution in [0.25, 0.3) is 10.8 Å². The molecule has 6 nitrogen and oxygen atoms in total. The van der Waals surface area contributed by atoms with Gasteiger partial charge in [-0.05, 0) is 48.5 Å². The van der Waals surface area contributed by atoms with Crippen LogP contribution in [0.5, 0.6) is 0 Å². The Hall–Kier alpha value is -3.71. The zero-order valence-corrected chi connectivity index (χ0v) is 17.0. The van der Waals surface area contributed by atoms with Crippen LogP contribution in [0.1, 0.15) is 10.4 Å². The number of rotatable bonds is 5. The molecule has 0 aliphatic heterocycles. The van der Waals surface area contributed by atoms with E-state index in [0.717, 1.165) is 10.8 Å². The lowest BCUT2D eigenvalue weighted by Gasteiger charge is -2.19. The van der Waals surface area contributed by atoms with E-state index < -0.39 is 10.0 Å². The Bertz CT molecular complexity index is 1300. The van der Waals surface area contributed by atoms with Crippen LogP contribution < -0.4 is 9.62 Å². The van der Waals surface area contributed by atoms with Crippen LogP contribution in [0.15, 0.2) is 96.2 Å². The van der Waals surface area contributed by atoms with Gasteiger partial charge in [-0.15, -0.1) is 0 Å². The summed E-state index contributed by atoms with van der Waals surface area (Å²) in [5, 5.41) is 4.68. The van der Waals surface area contributed by atoms with Crippen LogP contribution >= 0.6 is 0 Å². The molecule has 0 saturated carbocycles. The van der Waals surface area contributed by atoms with Crippen molar-refractivity contribution in [3.63, 3.8) is 0 Å². The Morgan fingerprint density at radius 2 is 1.63 bits per heavy atom. The fourth-order valence-corrected chi connectivity index (χ4v) is 4.33. The summed E-state index contributed by atoms with van der Waals surface area (Å²) in [5.41, 5.74) is 1.59. The average molecular weight is 417 g/mol. The molecule has 0 spiro atoms. The lowest BCUT2D eigenvalue weighted by molar-refractivity contribution is 0.102. The van der Waals surface area contributed by atoms with Gasteiger partial charge in [0.15, 0.2) is 0 Å². The van der Waals surface area contributed by atoms with Crippen molar-refractivity contribution in [2.75, 3.05) is 16.7 Å². The topological polar surface area (TPSA) is 79.4 Å². The van der Waals surface area contributed by atoms with Gasteiger partial charge in [0.1, 0.15) is 0 Å². The van der Waals surface area contributed by atoms with E-state index in [1.54, 1.807) is 36.7 Å². The maximum absolute atomic E-state index is 12.9. The summed E-state index contributed by atoms with van der Waals surface area (Å²) in [6.07, 6.45) is 3.40. The lowest BCUT2D eigenvalue weighted by atomic mass is 10.1. The molecule has 7 heteroatoms. The molecular weight excluding hydrogens is 398 g/mol. The Balaban J connectivity index is 1.56. The maximum atomic E-state index is 12.9. The molecule has 0 aliphatic carbocycles. The summed E-state index contributed by atoms with van der Waals surface area (Å²) in [6.45, 7) is 0. The number of hydrogen-bond acceptors (Lipinski definition) is 4.